The van der Waals surface area contributed by atoms with Crippen molar-refractivity contribution in [3.8, 4) is 17.2 Å². The van der Waals surface area contributed by atoms with E-state index in [4.69, 9.17) is 21.1 Å². The van der Waals surface area contributed by atoms with E-state index in [2.05, 4.69) is 31.8 Å². The molecule has 8 nitrogen and oxygen atoms in total. The summed E-state index contributed by atoms with van der Waals surface area (Å²) in [7, 11) is 0. The zero-order chi connectivity index (χ0) is 24.1. The van der Waals surface area contributed by atoms with Gasteiger partial charge in [-0.25, -0.2) is 5.43 Å². The van der Waals surface area contributed by atoms with Gasteiger partial charge in [-0.1, -0.05) is 51.8 Å². The van der Waals surface area contributed by atoms with E-state index in [0.717, 1.165) is 0 Å². The van der Waals surface area contributed by atoms with Crippen LogP contribution in [0.4, 0.5) is 0 Å². The van der Waals surface area contributed by atoms with Gasteiger partial charge in [0.2, 0.25) is 6.79 Å². The molecular weight excluding hydrogens is 526 g/mol. The molecule has 10 heteroatoms. The van der Waals surface area contributed by atoms with Crippen LogP contribution in [0.1, 0.15) is 21.5 Å². The van der Waals surface area contributed by atoms with E-state index >= 15 is 0 Å². The first kappa shape index (κ1) is 23.3. The molecule has 1 heterocycles. The molecule has 3 aromatic rings. The van der Waals surface area contributed by atoms with Crippen molar-refractivity contribution in [3.05, 3.63) is 92.5 Å². The lowest BCUT2D eigenvalue weighted by atomic mass is 10.1. The van der Waals surface area contributed by atoms with Crippen molar-refractivity contribution in [2.45, 2.75) is 0 Å². The largest absolute Gasteiger partial charge is 0.506 e. The first-order valence-corrected chi connectivity index (χ1v) is 11.1. The summed E-state index contributed by atoms with van der Waals surface area (Å²) in [6, 6.07) is 16.7. The summed E-state index contributed by atoms with van der Waals surface area (Å²) in [4.78, 5) is 25.6. The second kappa shape index (κ2) is 10.4. The molecule has 0 unspecified atom stereocenters. The number of hydrogen-bond donors (Lipinski definition) is 3. The SMILES string of the molecule is O=C(N/N=C/c1cc(Br)cc(Cl)c1O)C(=Cc1ccc2c(c1)OCO2)NC(=O)c1ccccc1. The fourth-order valence-electron chi connectivity index (χ4n) is 3.02. The zero-order valence-electron chi connectivity index (χ0n) is 17.4. The van der Waals surface area contributed by atoms with Crippen molar-refractivity contribution in [1.29, 1.82) is 0 Å². The van der Waals surface area contributed by atoms with E-state index in [1.807, 2.05) is 0 Å². The number of fused-ring (bicyclic) bond motifs is 1. The third-order valence-electron chi connectivity index (χ3n) is 4.66. The summed E-state index contributed by atoms with van der Waals surface area (Å²) in [6.07, 6.45) is 2.72. The first-order chi connectivity index (χ1) is 16.4. The summed E-state index contributed by atoms with van der Waals surface area (Å²) in [6.45, 7) is 0.113. The number of nitrogens with zero attached hydrogens (tertiary/aromatic N) is 1. The molecular formula is C24H17BrClN3O5. The van der Waals surface area contributed by atoms with E-state index in [0.29, 0.717) is 27.1 Å². The summed E-state index contributed by atoms with van der Waals surface area (Å²) in [5.74, 6) is -0.213. The summed E-state index contributed by atoms with van der Waals surface area (Å²) < 4.78 is 11.3. The summed E-state index contributed by atoms with van der Waals surface area (Å²) in [5.41, 5.74) is 3.56. The standard InChI is InChI=1S/C24H17BrClN3O5/c25-17-10-16(22(30)18(26)11-17)12-27-29-24(32)19(28-23(31)15-4-2-1-3-5-15)8-14-6-7-20-21(9-14)34-13-33-20/h1-12,30H,13H2,(H,28,31)(H,29,32)/b19-8?,27-12+. The van der Waals surface area contributed by atoms with E-state index in [9.17, 15) is 14.7 Å². The van der Waals surface area contributed by atoms with Crippen molar-refractivity contribution in [2.75, 3.05) is 6.79 Å². The number of halogens is 2. The molecule has 0 fully saturated rings. The minimum atomic E-state index is -0.682. The molecule has 2 amide bonds. The lowest BCUT2D eigenvalue weighted by Crippen LogP contribution is -2.32. The number of phenols is 1. The predicted molar refractivity (Wildman–Crippen MR) is 131 cm³/mol. The number of rotatable bonds is 6. The second-order valence-corrected chi connectivity index (χ2v) is 8.34. The quantitative estimate of drug-likeness (QED) is 0.242. The number of hydrogen-bond acceptors (Lipinski definition) is 6. The molecule has 0 bridgehead atoms. The van der Waals surface area contributed by atoms with Crippen molar-refractivity contribution in [2.24, 2.45) is 5.10 Å². The molecule has 1 aliphatic rings. The molecule has 0 radical (unpaired) electrons. The average Bonchev–Trinajstić information content (AvgIpc) is 3.30. The average molecular weight is 543 g/mol. The molecule has 0 saturated heterocycles. The highest BCUT2D eigenvalue weighted by Crippen LogP contribution is 2.33. The number of hydrazone groups is 1. The maximum atomic E-state index is 12.9. The number of benzene rings is 3. The highest BCUT2D eigenvalue weighted by Gasteiger charge is 2.17. The van der Waals surface area contributed by atoms with Crippen molar-refractivity contribution < 1.29 is 24.2 Å². The van der Waals surface area contributed by atoms with Gasteiger partial charge in [0.05, 0.1) is 11.2 Å². The Balaban J connectivity index is 1.58. The Labute approximate surface area is 208 Å². The number of ether oxygens (including phenoxy) is 2. The molecule has 0 spiro atoms. The molecule has 0 aliphatic carbocycles. The zero-order valence-corrected chi connectivity index (χ0v) is 19.8. The summed E-state index contributed by atoms with van der Waals surface area (Å²) >= 11 is 9.23. The molecule has 0 aromatic heterocycles. The van der Waals surface area contributed by atoms with Crippen LogP contribution in [0.3, 0.4) is 0 Å². The van der Waals surface area contributed by atoms with E-state index in [1.165, 1.54) is 18.4 Å². The Morgan fingerprint density at radius 1 is 1.06 bits per heavy atom. The smallest absolute Gasteiger partial charge is 0.287 e. The normalized spacial score (nSPS) is 12.6. The monoisotopic (exact) mass is 541 g/mol. The highest BCUT2D eigenvalue weighted by atomic mass is 79.9. The van der Waals surface area contributed by atoms with E-state index in [1.54, 1.807) is 54.6 Å². The van der Waals surface area contributed by atoms with Gasteiger partial charge in [-0.05, 0) is 48.0 Å². The van der Waals surface area contributed by atoms with Crippen LogP contribution in [0.2, 0.25) is 5.02 Å². The third-order valence-corrected chi connectivity index (χ3v) is 5.41. The number of amides is 2. The number of phenolic OH excluding ortho intramolecular Hbond substituents is 1. The maximum Gasteiger partial charge on any atom is 0.287 e. The number of carbonyl (C=O) groups is 2. The summed E-state index contributed by atoms with van der Waals surface area (Å²) in [5, 5.41) is 16.7. The lowest BCUT2D eigenvalue weighted by molar-refractivity contribution is -0.117. The van der Waals surface area contributed by atoms with E-state index in [-0.39, 0.29) is 28.8 Å². The first-order valence-electron chi connectivity index (χ1n) is 9.90. The molecule has 172 valence electrons. The van der Waals surface area contributed by atoms with Crippen molar-refractivity contribution >= 4 is 51.6 Å². The minimum Gasteiger partial charge on any atom is -0.506 e. The van der Waals surface area contributed by atoms with Gasteiger partial charge in [0.25, 0.3) is 11.8 Å². The van der Waals surface area contributed by atoms with Gasteiger partial charge in [-0.15, -0.1) is 0 Å². The highest BCUT2D eigenvalue weighted by molar-refractivity contribution is 9.10. The molecule has 1 aliphatic heterocycles. The Morgan fingerprint density at radius 3 is 2.62 bits per heavy atom. The van der Waals surface area contributed by atoms with Crippen molar-refractivity contribution in [1.82, 2.24) is 10.7 Å². The van der Waals surface area contributed by atoms with Crippen LogP contribution in [0.25, 0.3) is 6.08 Å². The van der Waals surface area contributed by atoms with Gasteiger partial charge in [0.15, 0.2) is 11.5 Å². The number of carbonyl (C=O) groups excluding carboxylic acids is 2. The van der Waals surface area contributed by atoms with Crippen LogP contribution < -0.4 is 20.2 Å². The second-order valence-electron chi connectivity index (χ2n) is 7.02. The number of aromatic hydroxyl groups is 1. The van der Waals surface area contributed by atoms with Crippen LogP contribution >= 0.6 is 27.5 Å². The Morgan fingerprint density at radius 2 is 1.82 bits per heavy atom. The Hall–Kier alpha value is -3.82. The molecule has 0 saturated carbocycles. The van der Waals surface area contributed by atoms with Crippen LogP contribution in [0, 0.1) is 0 Å². The van der Waals surface area contributed by atoms with Gasteiger partial charge in [-0.2, -0.15) is 5.10 Å². The van der Waals surface area contributed by atoms with Crippen LogP contribution in [0.15, 0.2) is 75.9 Å². The number of nitrogens with one attached hydrogen (secondary N) is 2. The fourth-order valence-corrected chi connectivity index (χ4v) is 3.85. The van der Waals surface area contributed by atoms with E-state index < -0.39 is 11.8 Å². The molecule has 0 atom stereocenters. The van der Waals surface area contributed by atoms with Crippen LogP contribution in [-0.2, 0) is 4.79 Å². The maximum absolute atomic E-state index is 12.9. The van der Waals surface area contributed by atoms with Crippen LogP contribution in [0.5, 0.6) is 17.2 Å². The fraction of sp³-hybridized carbons (Fsp3) is 0.0417. The van der Waals surface area contributed by atoms with Gasteiger partial charge in [0.1, 0.15) is 11.4 Å². The van der Waals surface area contributed by atoms with Gasteiger partial charge in [-0.3, -0.25) is 9.59 Å². The van der Waals surface area contributed by atoms with Gasteiger partial charge < -0.3 is 19.9 Å². The minimum absolute atomic E-state index is 0.0543. The third kappa shape index (κ3) is 5.56. The molecule has 4 rings (SSSR count). The molecule has 3 N–H and O–H groups in total. The predicted octanol–water partition coefficient (Wildman–Crippen LogP) is 4.46. The van der Waals surface area contributed by atoms with Gasteiger partial charge in [0, 0.05) is 15.6 Å². The molecule has 3 aromatic carbocycles. The lowest BCUT2D eigenvalue weighted by Gasteiger charge is -2.09. The Kier molecular flexibility index (Phi) is 7.15. The molecule has 34 heavy (non-hydrogen) atoms. The Bertz CT molecular complexity index is 1310. The van der Waals surface area contributed by atoms with Gasteiger partial charge >= 0.3 is 0 Å². The van der Waals surface area contributed by atoms with Crippen LogP contribution in [-0.4, -0.2) is 29.9 Å². The van der Waals surface area contributed by atoms with Crippen molar-refractivity contribution in [3.63, 3.8) is 0 Å². The topological polar surface area (TPSA) is 109 Å².